The summed E-state index contributed by atoms with van der Waals surface area (Å²) in [6.07, 6.45) is 2.24. The van der Waals surface area contributed by atoms with Crippen LogP contribution in [0.15, 0.2) is 24.3 Å². The number of halogens is 1. The number of amides is 1. The fourth-order valence-corrected chi connectivity index (χ4v) is 1.67. The van der Waals surface area contributed by atoms with Crippen LogP contribution in [0.2, 0.25) is 5.02 Å². The Morgan fingerprint density at radius 3 is 2.64 bits per heavy atom. The maximum absolute atomic E-state index is 11.9. The van der Waals surface area contributed by atoms with Crippen molar-refractivity contribution in [1.29, 1.82) is 0 Å². The predicted molar refractivity (Wildman–Crippen MR) is 56.6 cm³/mol. The van der Waals surface area contributed by atoms with Crippen LogP contribution in [0, 0.1) is 0 Å². The summed E-state index contributed by atoms with van der Waals surface area (Å²) in [5, 5.41) is 0.532. The van der Waals surface area contributed by atoms with Crippen molar-refractivity contribution in [3.8, 4) is 0 Å². The number of carbonyl (C=O) groups is 1. The summed E-state index contributed by atoms with van der Waals surface area (Å²) in [4.78, 5) is 13.7. The first-order valence-electron chi connectivity index (χ1n) is 4.72. The number of hydrogen-bond acceptors (Lipinski definition) is 1. The highest BCUT2D eigenvalue weighted by atomic mass is 35.5. The number of hydrogen-bond donors (Lipinski definition) is 0. The molecule has 0 atom stereocenters. The van der Waals surface area contributed by atoms with E-state index in [-0.39, 0.29) is 5.91 Å². The minimum Gasteiger partial charge on any atom is -0.339 e. The van der Waals surface area contributed by atoms with E-state index in [1.807, 2.05) is 19.2 Å². The van der Waals surface area contributed by atoms with E-state index in [0.717, 1.165) is 12.8 Å². The van der Waals surface area contributed by atoms with Crippen molar-refractivity contribution in [2.45, 2.75) is 18.9 Å². The average molecular weight is 210 g/mol. The summed E-state index contributed by atoms with van der Waals surface area (Å²) >= 11 is 5.94. The Bertz CT molecular complexity index is 360. The number of rotatable bonds is 2. The maximum Gasteiger partial charge on any atom is 0.255 e. The van der Waals surface area contributed by atoms with Crippen molar-refractivity contribution in [3.05, 3.63) is 34.9 Å². The van der Waals surface area contributed by atoms with Gasteiger partial charge in [-0.3, -0.25) is 4.79 Å². The van der Waals surface area contributed by atoms with Gasteiger partial charge in [0, 0.05) is 13.1 Å². The van der Waals surface area contributed by atoms with Crippen molar-refractivity contribution in [2.24, 2.45) is 0 Å². The molecule has 0 saturated heterocycles. The smallest absolute Gasteiger partial charge is 0.255 e. The Balaban J connectivity index is 2.21. The average Bonchev–Trinajstić information content (AvgIpc) is 3.00. The van der Waals surface area contributed by atoms with Crippen LogP contribution in [0.1, 0.15) is 23.2 Å². The molecule has 1 aromatic rings. The molecule has 0 radical (unpaired) electrons. The molecule has 0 unspecified atom stereocenters. The lowest BCUT2D eigenvalue weighted by atomic mass is 10.2. The molecule has 1 aromatic carbocycles. The molecule has 0 aromatic heterocycles. The van der Waals surface area contributed by atoms with Gasteiger partial charge >= 0.3 is 0 Å². The molecule has 1 saturated carbocycles. The lowest BCUT2D eigenvalue weighted by Gasteiger charge is -2.16. The van der Waals surface area contributed by atoms with Crippen LogP contribution in [0.4, 0.5) is 0 Å². The summed E-state index contributed by atoms with van der Waals surface area (Å²) in [5.74, 6) is 0.0260. The van der Waals surface area contributed by atoms with Crippen molar-refractivity contribution in [1.82, 2.24) is 4.90 Å². The minimum atomic E-state index is 0.0260. The van der Waals surface area contributed by atoms with Gasteiger partial charge in [0.25, 0.3) is 5.91 Å². The molecule has 1 aliphatic carbocycles. The van der Waals surface area contributed by atoms with Crippen molar-refractivity contribution < 1.29 is 4.79 Å². The molecule has 1 aliphatic rings. The van der Waals surface area contributed by atoms with Crippen LogP contribution in [0.3, 0.4) is 0 Å². The lowest BCUT2D eigenvalue weighted by molar-refractivity contribution is 0.0785. The molecular formula is C11H12ClNO. The Morgan fingerprint density at radius 1 is 1.43 bits per heavy atom. The van der Waals surface area contributed by atoms with E-state index in [0.29, 0.717) is 16.6 Å². The zero-order valence-corrected chi connectivity index (χ0v) is 8.79. The number of benzene rings is 1. The fraction of sp³-hybridized carbons (Fsp3) is 0.364. The molecule has 0 aliphatic heterocycles. The van der Waals surface area contributed by atoms with E-state index in [1.165, 1.54) is 0 Å². The highest BCUT2D eigenvalue weighted by molar-refractivity contribution is 6.33. The molecule has 0 bridgehead atoms. The molecule has 14 heavy (non-hydrogen) atoms. The third-order valence-electron chi connectivity index (χ3n) is 2.52. The highest BCUT2D eigenvalue weighted by Gasteiger charge is 2.30. The second-order valence-electron chi connectivity index (χ2n) is 3.63. The van der Waals surface area contributed by atoms with Gasteiger partial charge in [-0.2, -0.15) is 0 Å². The second-order valence-corrected chi connectivity index (χ2v) is 4.03. The summed E-state index contributed by atoms with van der Waals surface area (Å²) in [5.41, 5.74) is 0.601. The van der Waals surface area contributed by atoms with Crippen molar-refractivity contribution >= 4 is 17.5 Å². The van der Waals surface area contributed by atoms with Crippen LogP contribution in [-0.2, 0) is 0 Å². The Morgan fingerprint density at radius 2 is 2.07 bits per heavy atom. The van der Waals surface area contributed by atoms with Gasteiger partial charge in [0.2, 0.25) is 0 Å². The van der Waals surface area contributed by atoms with Crippen molar-refractivity contribution in [3.63, 3.8) is 0 Å². The molecular weight excluding hydrogens is 198 g/mol. The van der Waals surface area contributed by atoms with E-state index in [4.69, 9.17) is 11.6 Å². The molecule has 3 heteroatoms. The molecule has 0 N–H and O–H groups in total. The number of nitrogens with zero attached hydrogens (tertiary/aromatic N) is 1. The van der Waals surface area contributed by atoms with Crippen LogP contribution in [-0.4, -0.2) is 23.9 Å². The molecule has 2 rings (SSSR count). The van der Waals surface area contributed by atoms with Gasteiger partial charge < -0.3 is 4.90 Å². The first-order chi connectivity index (χ1) is 6.70. The Labute approximate surface area is 88.5 Å². The standard InChI is InChI=1S/C11H12ClNO/c1-13(8-6-7-8)11(14)9-4-2-3-5-10(9)12/h2-5,8H,6-7H2,1H3. The lowest BCUT2D eigenvalue weighted by Crippen LogP contribution is -2.28. The van der Waals surface area contributed by atoms with Gasteiger partial charge in [-0.15, -0.1) is 0 Å². The normalized spacial score (nSPS) is 15.3. The maximum atomic E-state index is 11.9. The quantitative estimate of drug-likeness (QED) is 0.733. The van der Waals surface area contributed by atoms with E-state index in [9.17, 15) is 4.79 Å². The monoisotopic (exact) mass is 209 g/mol. The molecule has 1 fully saturated rings. The number of carbonyl (C=O) groups excluding carboxylic acids is 1. The van der Waals surface area contributed by atoms with Gasteiger partial charge in [0.1, 0.15) is 0 Å². The summed E-state index contributed by atoms with van der Waals surface area (Å²) in [6.45, 7) is 0. The summed E-state index contributed by atoms with van der Waals surface area (Å²) in [7, 11) is 1.84. The predicted octanol–water partition coefficient (Wildman–Crippen LogP) is 2.57. The largest absolute Gasteiger partial charge is 0.339 e. The molecule has 0 heterocycles. The minimum absolute atomic E-state index is 0.0260. The van der Waals surface area contributed by atoms with Crippen LogP contribution < -0.4 is 0 Å². The summed E-state index contributed by atoms with van der Waals surface area (Å²) < 4.78 is 0. The zero-order chi connectivity index (χ0) is 10.1. The van der Waals surface area contributed by atoms with Crippen molar-refractivity contribution in [2.75, 3.05) is 7.05 Å². The molecule has 1 amide bonds. The Kier molecular flexibility index (Phi) is 2.46. The Hall–Kier alpha value is -1.02. The van der Waals surface area contributed by atoms with Crippen LogP contribution >= 0.6 is 11.6 Å². The topological polar surface area (TPSA) is 20.3 Å². The van der Waals surface area contributed by atoms with Crippen LogP contribution in [0.25, 0.3) is 0 Å². The van der Waals surface area contributed by atoms with E-state index < -0.39 is 0 Å². The van der Waals surface area contributed by atoms with Gasteiger partial charge in [-0.05, 0) is 25.0 Å². The van der Waals surface area contributed by atoms with E-state index >= 15 is 0 Å². The van der Waals surface area contributed by atoms with Gasteiger partial charge in [-0.25, -0.2) is 0 Å². The molecule has 2 nitrogen and oxygen atoms in total. The third-order valence-corrected chi connectivity index (χ3v) is 2.85. The van der Waals surface area contributed by atoms with Gasteiger partial charge in [-0.1, -0.05) is 23.7 Å². The first kappa shape index (κ1) is 9.53. The highest BCUT2D eigenvalue weighted by Crippen LogP contribution is 2.28. The third kappa shape index (κ3) is 1.75. The van der Waals surface area contributed by atoms with E-state index in [2.05, 4.69) is 0 Å². The SMILES string of the molecule is CN(C(=O)c1ccccc1Cl)C1CC1. The molecule has 0 spiro atoms. The fourth-order valence-electron chi connectivity index (χ4n) is 1.45. The zero-order valence-electron chi connectivity index (χ0n) is 8.03. The first-order valence-corrected chi connectivity index (χ1v) is 5.09. The van der Waals surface area contributed by atoms with Crippen LogP contribution in [0.5, 0.6) is 0 Å². The summed E-state index contributed by atoms with van der Waals surface area (Å²) in [6, 6.07) is 7.61. The second kappa shape index (κ2) is 3.62. The van der Waals surface area contributed by atoms with E-state index in [1.54, 1.807) is 17.0 Å². The van der Waals surface area contributed by atoms with Gasteiger partial charge in [0.15, 0.2) is 0 Å². The molecule has 74 valence electrons. The van der Waals surface area contributed by atoms with Gasteiger partial charge in [0.05, 0.1) is 10.6 Å².